The van der Waals surface area contributed by atoms with Gasteiger partial charge in [-0.3, -0.25) is 10.00 Å². The van der Waals surface area contributed by atoms with Crippen molar-refractivity contribution < 1.29 is 9.90 Å². The Hall–Kier alpha value is -1.56. The molecule has 0 aromatic carbocycles. The fourth-order valence-electron chi connectivity index (χ4n) is 3.14. The van der Waals surface area contributed by atoms with Crippen LogP contribution < -0.4 is 10.6 Å². The van der Waals surface area contributed by atoms with E-state index in [1.807, 2.05) is 13.1 Å². The van der Waals surface area contributed by atoms with Crippen molar-refractivity contribution >= 4 is 11.8 Å². The number of rotatable bonds is 5. The lowest BCUT2D eigenvalue weighted by atomic mass is 9.96. The second kappa shape index (κ2) is 8.17. The lowest BCUT2D eigenvalue weighted by molar-refractivity contribution is 0.182. The molecule has 2 amide bonds. The molecule has 6 heteroatoms. The molecule has 1 aromatic heterocycles. The molecule has 1 heterocycles. The maximum Gasteiger partial charge on any atom is 0.320 e. The van der Waals surface area contributed by atoms with Gasteiger partial charge in [0.15, 0.2) is 0 Å². The number of nitrogens with one attached hydrogen (secondary N) is 2. The number of carbonyl (C=O) groups excluding carboxylic acids is 1. The maximum absolute atomic E-state index is 12.2. The SMILES string of the molecule is CCCc1cc(NC(=O)NC2CCCCCC2CO)n(C)n1. The first-order chi connectivity index (χ1) is 10.6. The number of aryl methyl sites for hydroxylation is 2. The third-order valence-electron chi connectivity index (χ3n) is 4.39. The van der Waals surface area contributed by atoms with Crippen molar-refractivity contribution in [1.29, 1.82) is 0 Å². The summed E-state index contributed by atoms with van der Waals surface area (Å²) in [6.07, 6.45) is 7.27. The van der Waals surface area contributed by atoms with Crippen molar-refractivity contribution in [2.75, 3.05) is 11.9 Å². The van der Waals surface area contributed by atoms with Crippen LogP contribution in [-0.2, 0) is 13.5 Å². The monoisotopic (exact) mass is 308 g/mol. The van der Waals surface area contributed by atoms with Gasteiger partial charge in [0.25, 0.3) is 0 Å². The number of nitrogens with zero attached hydrogens (tertiary/aromatic N) is 2. The third kappa shape index (κ3) is 4.47. The summed E-state index contributed by atoms with van der Waals surface area (Å²) >= 11 is 0. The number of urea groups is 1. The van der Waals surface area contributed by atoms with Crippen LogP contribution in [0.1, 0.15) is 51.1 Å². The molecule has 6 nitrogen and oxygen atoms in total. The predicted octanol–water partition coefficient (Wildman–Crippen LogP) is 2.44. The van der Waals surface area contributed by atoms with Crippen LogP contribution in [0.4, 0.5) is 10.6 Å². The fourth-order valence-corrected chi connectivity index (χ4v) is 3.14. The van der Waals surface area contributed by atoms with Gasteiger partial charge in [0, 0.05) is 31.7 Å². The number of hydrogen-bond acceptors (Lipinski definition) is 3. The molecule has 2 rings (SSSR count). The van der Waals surface area contributed by atoms with Gasteiger partial charge in [0.1, 0.15) is 5.82 Å². The Balaban J connectivity index is 1.93. The van der Waals surface area contributed by atoms with Gasteiger partial charge in [-0.25, -0.2) is 4.79 Å². The van der Waals surface area contributed by atoms with E-state index in [9.17, 15) is 9.90 Å². The Morgan fingerprint density at radius 2 is 2.18 bits per heavy atom. The number of aromatic nitrogens is 2. The van der Waals surface area contributed by atoms with E-state index in [2.05, 4.69) is 22.7 Å². The fraction of sp³-hybridized carbons (Fsp3) is 0.750. The van der Waals surface area contributed by atoms with Crippen LogP contribution in [0.25, 0.3) is 0 Å². The summed E-state index contributed by atoms with van der Waals surface area (Å²) in [5.41, 5.74) is 0.989. The molecule has 0 aliphatic heterocycles. The molecule has 22 heavy (non-hydrogen) atoms. The third-order valence-corrected chi connectivity index (χ3v) is 4.39. The number of aliphatic hydroxyl groups excluding tert-OH is 1. The van der Waals surface area contributed by atoms with E-state index < -0.39 is 0 Å². The van der Waals surface area contributed by atoms with Gasteiger partial charge in [0.05, 0.1) is 5.69 Å². The first kappa shape index (κ1) is 16.8. The summed E-state index contributed by atoms with van der Waals surface area (Å²) in [6, 6.07) is 1.76. The van der Waals surface area contributed by atoms with E-state index in [-0.39, 0.29) is 24.6 Å². The highest BCUT2D eigenvalue weighted by molar-refractivity contribution is 5.88. The molecule has 2 atom stereocenters. The van der Waals surface area contributed by atoms with Gasteiger partial charge in [-0.05, 0) is 19.3 Å². The summed E-state index contributed by atoms with van der Waals surface area (Å²) in [4.78, 5) is 12.2. The number of aliphatic hydroxyl groups is 1. The van der Waals surface area contributed by atoms with Crippen LogP contribution in [0.5, 0.6) is 0 Å². The van der Waals surface area contributed by atoms with E-state index in [0.29, 0.717) is 5.82 Å². The highest BCUT2D eigenvalue weighted by Crippen LogP contribution is 2.23. The van der Waals surface area contributed by atoms with Crippen LogP contribution in [0.2, 0.25) is 0 Å². The van der Waals surface area contributed by atoms with Gasteiger partial charge < -0.3 is 10.4 Å². The molecule has 0 radical (unpaired) electrons. The summed E-state index contributed by atoms with van der Waals surface area (Å²) in [6.45, 7) is 2.24. The van der Waals surface area contributed by atoms with Crippen molar-refractivity contribution in [3.05, 3.63) is 11.8 Å². The van der Waals surface area contributed by atoms with Gasteiger partial charge in [-0.15, -0.1) is 0 Å². The minimum atomic E-state index is -0.212. The van der Waals surface area contributed by atoms with Gasteiger partial charge in [0.2, 0.25) is 0 Å². The standard InChI is InChI=1S/C16H28N4O2/c1-3-7-13-10-15(20(2)19-13)18-16(22)17-14-9-6-4-5-8-12(14)11-21/h10,12,14,21H,3-9,11H2,1-2H3,(H2,17,18,22). The van der Waals surface area contributed by atoms with Crippen LogP contribution in [0, 0.1) is 5.92 Å². The Kier molecular flexibility index (Phi) is 6.24. The Labute approximate surface area is 132 Å². The van der Waals surface area contributed by atoms with Crippen molar-refractivity contribution in [2.45, 2.75) is 57.9 Å². The average molecular weight is 308 g/mol. The zero-order valence-corrected chi connectivity index (χ0v) is 13.6. The van der Waals surface area contributed by atoms with Gasteiger partial charge >= 0.3 is 6.03 Å². The second-order valence-electron chi connectivity index (χ2n) is 6.18. The summed E-state index contributed by atoms with van der Waals surface area (Å²) in [5, 5.41) is 19.8. The molecule has 0 spiro atoms. The predicted molar refractivity (Wildman–Crippen MR) is 86.8 cm³/mol. The molecule has 124 valence electrons. The number of carbonyl (C=O) groups is 1. The van der Waals surface area contributed by atoms with E-state index in [1.165, 1.54) is 6.42 Å². The largest absolute Gasteiger partial charge is 0.396 e. The lowest BCUT2D eigenvalue weighted by Crippen LogP contribution is -2.43. The molecule has 1 aliphatic carbocycles. The van der Waals surface area contributed by atoms with E-state index in [4.69, 9.17) is 0 Å². The minimum Gasteiger partial charge on any atom is -0.396 e. The molecule has 2 unspecified atom stereocenters. The zero-order chi connectivity index (χ0) is 15.9. The Bertz CT molecular complexity index is 486. The zero-order valence-electron chi connectivity index (χ0n) is 13.6. The molecule has 1 aliphatic rings. The van der Waals surface area contributed by atoms with Gasteiger partial charge in [-0.2, -0.15) is 5.10 Å². The molecular formula is C16H28N4O2. The summed E-state index contributed by atoms with van der Waals surface area (Å²) < 4.78 is 1.70. The average Bonchev–Trinajstić information content (AvgIpc) is 2.70. The molecule has 3 N–H and O–H groups in total. The highest BCUT2D eigenvalue weighted by atomic mass is 16.3. The minimum absolute atomic E-state index is 0.0517. The highest BCUT2D eigenvalue weighted by Gasteiger charge is 2.24. The summed E-state index contributed by atoms with van der Waals surface area (Å²) in [5.74, 6) is 0.866. The molecule has 1 fully saturated rings. The normalized spacial score (nSPS) is 22.1. The molecule has 0 bridgehead atoms. The molecular weight excluding hydrogens is 280 g/mol. The Morgan fingerprint density at radius 1 is 1.41 bits per heavy atom. The van der Waals surface area contributed by atoms with Crippen LogP contribution in [0.15, 0.2) is 6.07 Å². The van der Waals surface area contributed by atoms with Crippen molar-refractivity contribution in [2.24, 2.45) is 13.0 Å². The van der Waals surface area contributed by atoms with Crippen LogP contribution in [-0.4, -0.2) is 33.6 Å². The molecule has 1 aromatic rings. The van der Waals surface area contributed by atoms with E-state index >= 15 is 0 Å². The van der Waals surface area contributed by atoms with E-state index in [1.54, 1.807) is 4.68 Å². The van der Waals surface area contributed by atoms with Gasteiger partial charge in [-0.1, -0.05) is 32.6 Å². The topological polar surface area (TPSA) is 79.2 Å². The van der Waals surface area contributed by atoms with Crippen molar-refractivity contribution in [3.8, 4) is 0 Å². The van der Waals surface area contributed by atoms with E-state index in [0.717, 1.165) is 44.2 Å². The van der Waals surface area contributed by atoms with Crippen molar-refractivity contribution in [3.63, 3.8) is 0 Å². The lowest BCUT2D eigenvalue weighted by Gasteiger charge is -2.24. The number of hydrogen-bond donors (Lipinski definition) is 3. The first-order valence-electron chi connectivity index (χ1n) is 8.35. The molecule has 1 saturated carbocycles. The first-order valence-corrected chi connectivity index (χ1v) is 8.35. The summed E-state index contributed by atoms with van der Waals surface area (Å²) in [7, 11) is 1.83. The van der Waals surface area contributed by atoms with Crippen LogP contribution >= 0.6 is 0 Å². The number of amides is 2. The molecule has 0 saturated heterocycles. The smallest absolute Gasteiger partial charge is 0.320 e. The number of anilines is 1. The van der Waals surface area contributed by atoms with Crippen LogP contribution in [0.3, 0.4) is 0 Å². The van der Waals surface area contributed by atoms with Crippen molar-refractivity contribution in [1.82, 2.24) is 15.1 Å². The Morgan fingerprint density at radius 3 is 2.91 bits per heavy atom. The second-order valence-corrected chi connectivity index (χ2v) is 6.18. The maximum atomic E-state index is 12.2. The quantitative estimate of drug-likeness (QED) is 0.731.